The van der Waals surface area contributed by atoms with Gasteiger partial charge in [-0.2, -0.15) is 0 Å². The van der Waals surface area contributed by atoms with Crippen LogP contribution in [0.3, 0.4) is 0 Å². The predicted molar refractivity (Wildman–Crippen MR) is 52.9 cm³/mol. The number of methoxy groups -OCH3 is 1. The van der Waals surface area contributed by atoms with Gasteiger partial charge >= 0.3 is 5.97 Å². The van der Waals surface area contributed by atoms with Crippen LogP contribution in [0.2, 0.25) is 0 Å². The molecule has 1 unspecified atom stereocenters. The number of ether oxygens (including phenoxy) is 1. The summed E-state index contributed by atoms with van der Waals surface area (Å²) in [7, 11) is 1.22. The number of rotatable bonds is 4. The SMILES string of the molecule is COC(=O)C(CO)Nc1cccc(F)c1. The van der Waals surface area contributed by atoms with Crippen molar-refractivity contribution in [3.8, 4) is 0 Å². The van der Waals surface area contributed by atoms with E-state index >= 15 is 0 Å². The number of hydrogen-bond acceptors (Lipinski definition) is 4. The summed E-state index contributed by atoms with van der Waals surface area (Å²) >= 11 is 0. The Balaban J connectivity index is 2.70. The van der Waals surface area contributed by atoms with Gasteiger partial charge in [0.05, 0.1) is 13.7 Å². The highest BCUT2D eigenvalue weighted by Gasteiger charge is 2.17. The summed E-state index contributed by atoms with van der Waals surface area (Å²) in [6.45, 7) is -0.414. The Morgan fingerprint density at radius 1 is 1.67 bits per heavy atom. The smallest absolute Gasteiger partial charge is 0.330 e. The van der Waals surface area contributed by atoms with Crippen LogP contribution in [-0.4, -0.2) is 30.8 Å². The van der Waals surface area contributed by atoms with Gasteiger partial charge in [-0.3, -0.25) is 0 Å². The van der Waals surface area contributed by atoms with Crippen LogP contribution in [0.1, 0.15) is 0 Å². The van der Waals surface area contributed by atoms with Gasteiger partial charge in [0.15, 0.2) is 0 Å². The van der Waals surface area contributed by atoms with Gasteiger partial charge in [-0.05, 0) is 18.2 Å². The molecule has 15 heavy (non-hydrogen) atoms. The number of aliphatic hydroxyl groups is 1. The van der Waals surface area contributed by atoms with Gasteiger partial charge < -0.3 is 15.2 Å². The van der Waals surface area contributed by atoms with Crippen LogP contribution in [0.4, 0.5) is 10.1 Å². The number of hydrogen-bond donors (Lipinski definition) is 2. The molecule has 1 rings (SSSR count). The molecule has 0 saturated heterocycles. The molecule has 0 aromatic heterocycles. The topological polar surface area (TPSA) is 58.6 Å². The van der Waals surface area contributed by atoms with E-state index in [0.717, 1.165) is 0 Å². The van der Waals surface area contributed by atoms with E-state index in [-0.39, 0.29) is 0 Å². The monoisotopic (exact) mass is 213 g/mol. The fourth-order valence-electron chi connectivity index (χ4n) is 1.10. The van der Waals surface area contributed by atoms with Crippen molar-refractivity contribution >= 4 is 11.7 Å². The largest absolute Gasteiger partial charge is 0.467 e. The molecular weight excluding hydrogens is 201 g/mol. The molecule has 4 nitrogen and oxygen atoms in total. The Morgan fingerprint density at radius 2 is 2.40 bits per heavy atom. The van der Waals surface area contributed by atoms with Gasteiger partial charge in [0.25, 0.3) is 0 Å². The minimum Gasteiger partial charge on any atom is -0.467 e. The standard InChI is InChI=1S/C10H12FNO3/c1-15-10(14)9(6-13)12-8-4-2-3-7(11)5-8/h2-5,9,12-13H,6H2,1H3. The van der Waals surface area contributed by atoms with Crippen molar-refractivity contribution in [2.45, 2.75) is 6.04 Å². The number of aliphatic hydroxyl groups excluding tert-OH is 1. The first-order valence-corrected chi connectivity index (χ1v) is 4.38. The van der Waals surface area contributed by atoms with Gasteiger partial charge in [-0.15, -0.1) is 0 Å². The van der Waals surface area contributed by atoms with Crippen molar-refractivity contribution in [3.05, 3.63) is 30.1 Å². The van der Waals surface area contributed by atoms with Gasteiger partial charge in [0, 0.05) is 5.69 Å². The number of nitrogens with one attached hydrogen (secondary N) is 1. The summed E-state index contributed by atoms with van der Waals surface area (Å²) in [6, 6.07) is 4.73. The van der Waals surface area contributed by atoms with Crippen LogP contribution < -0.4 is 5.32 Å². The normalized spacial score (nSPS) is 11.9. The molecule has 0 saturated carbocycles. The van der Waals surface area contributed by atoms with Gasteiger partial charge in [0.2, 0.25) is 0 Å². The second-order valence-corrected chi connectivity index (χ2v) is 2.91. The third-order valence-electron chi connectivity index (χ3n) is 1.83. The molecule has 2 N–H and O–H groups in total. The first-order valence-electron chi connectivity index (χ1n) is 4.38. The first kappa shape index (κ1) is 11.5. The first-order chi connectivity index (χ1) is 7.17. The van der Waals surface area contributed by atoms with Crippen molar-refractivity contribution in [3.63, 3.8) is 0 Å². The summed E-state index contributed by atoms with van der Waals surface area (Å²) in [5.74, 6) is -1.01. The number of benzene rings is 1. The third-order valence-corrected chi connectivity index (χ3v) is 1.83. The van der Waals surface area contributed by atoms with E-state index in [1.54, 1.807) is 6.07 Å². The van der Waals surface area contributed by atoms with Crippen molar-refractivity contribution in [1.82, 2.24) is 0 Å². The zero-order valence-corrected chi connectivity index (χ0v) is 8.24. The molecule has 0 aliphatic carbocycles. The Kier molecular flexibility index (Phi) is 4.05. The Morgan fingerprint density at radius 3 is 2.93 bits per heavy atom. The highest BCUT2D eigenvalue weighted by molar-refractivity contribution is 5.79. The number of carbonyl (C=O) groups is 1. The maximum Gasteiger partial charge on any atom is 0.330 e. The minimum atomic E-state index is -0.878. The van der Waals surface area contributed by atoms with Crippen LogP contribution in [0.15, 0.2) is 24.3 Å². The van der Waals surface area contributed by atoms with E-state index in [0.29, 0.717) is 5.69 Å². The maximum absolute atomic E-state index is 12.8. The van der Waals surface area contributed by atoms with Crippen molar-refractivity contribution < 1.29 is 19.0 Å². The fraction of sp³-hybridized carbons (Fsp3) is 0.300. The highest BCUT2D eigenvalue weighted by atomic mass is 19.1. The van der Waals surface area contributed by atoms with Gasteiger partial charge in [-0.1, -0.05) is 6.07 Å². The third kappa shape index (κ3) is 3.21. The second-order valence-electron chi connectivity index (χ2n) is 2.91. The molecule has 1 aromatic rings. The van der Waals surface area contributed by atoms with E-state index < -0.39 is 24.4 Å². The van der Waals surface area contributed by atoms with E-state index in [4.69, 9.17) is 5.11 Å². The lowest BCUT2D eigenvalue weighted by atomic mass is 10.2. The van der Waals surface area contributed by atoms with Gasteiger partial charge in [-0.25, -0.2) is 9.18 Å². The zero-order valence-electron chi connectivity index (χ0n) is 8.24. The molecule has 0 bridgehead atoms. The lowest BCUT2D eigenvalue weighted by molar-refractivity contribution is -0.142. The van der Waals surface area contributed by atoms with E-state index in [1.165, 1.54) is 25.3 Å². The van der Waals surface area contributed by atoms with Crippen LogP contribution in [-0.2, 0) is 9.53 Å². The molecule has 1 atom stereocenters. The van der Waals surface area contributed by atoms with Crippen molar-refractivity contribution in [2.24, 2.45) is 0 Å². The number of anilines is 1. The summed E-state index contributed by atoms with van der Waals surface area (Å²) < 4.78 is 17.2. The maximum atomic E-state index is 12.8. The lowest BCUT2D eigenvalue weighted by Crippen LogP contribution is -2.34. The average molecular weight is 213 g/mol. The molecule has 0 amide bonds. The minimum absolute atomic E-state index is 0.414. The highest BCUT2D eigenvalue weighted by Crippen LogP contribution is 2.10. The average Bonchev–Trinajstić information content (AvgIpc) is 2.25. The summed E-state index contributed by atoms with van der Waals surface area (Å²) in [6.07, 6.45) is 0. The molecule has 5 heteroatoms. The number of halogens is 1. The summed E-state index contributed by atoms with van der Waals surface area (Å²) in [5, 5.41) is 11.6. The Labute approximate surface area is 86.7 Å². The predicted octanol–water partition coefficient (Wildman–Crippen LogP) is 0.771. The second kappa shape index (κ2) is 5.31. The van der Waals surface area contributed by atoms with Crippen LogP contribution in [0, 0.1) is 5.82 Å². The molecule has 0 radical (unpaired) electrons. The zero-order chi connectivity index (χ0) is 11.3. The van der Waals surface area contributed by atoms with Crippen molar-refractivity contribution in [2.75, 3.05) is 19.0 Å². The van der Waals surface area contributed by atoms with E-state index in [2.05, 4.69) is 10.1 Å². The summed E-state index contributed by atoms with van der Waals surface area (Å²) in [5.41, 5.74) is 0.416. The van der Waals surface area contributed by atoms with Gasteiger partial charge in [0.1, 0.15) is 11.9 Å². The molecule has 0 fully saturated rings. The number of carbonyl (C=O) groups excluding carboxylic acids is 1. The molecule has 0 spiro atoms. The van der Waals surface area contributed by atoms with E-state index in [9.17, 15) is 9.18 Å². The molecular formula is C10H12FNO3. The molecule has 82 valence electrons. The molecule has 0 aliphatic heterocycles. The molecule has 0 heterocycles. The van der Waals surface area contributed by atoms with Crippen molar-refractivity contribution in [1.29, 1.82) is 0 Å². The summed E-state index contributed by atoms with van der Waals surface area (Å²) in [4.78, 5) is 11.1. The van der Waals surface area contributed by atoms with E-state index in [1.807, 2.05) is 0 Å². The number of esters is 1. The van der Waals surface area contributed by atoms with Crippen LogP contribution in [0.25, 0.3) is 0 Å². The molecule has 0 aliphatic rings. The fourth-order valence-corrected chi connectivity index (χ4v) is 1.10. The molecule has 1 aromatic carbocycles. The van der Waals surface area contributed by atoms with Crippen LogP contribution >= 0.6 is 0 Å². The van der Waals surface area contributed by atoms with Crippen LogP contribution in [0.5, 0.6) is 0 Å². The Hall–Kier alpha value is -1.62. The quantitative estimate of drug-likeness (QED) is 0.725. The Bertz CT molecular complexity index is 343. The lowest BCUT2D eigenvalue weighted by Gasteiger charge is -2.14.